The van der Waals surface area contributed by atoms with Crippen molar-refractivity contribution < 1.29 is 13.2 Å². The van der Waals surface area contributed by atoms with Crippen molar-refractivity contribution in [2.45, 2.75) is 10.9 Å². The highest BCUT2D eigenvalue weighted by molar-refractivity contribution is 7.89. The van der Waals surface area contributed by atoms with Gasteiger partial charge in [-0.15, -0.1) is 0 Å². The van der Waals surface area contributed by atoms with Crippen molar-refractivity contribution >= 4 is 21.1 Å². The number of aromatic nitrogens is 4. The van der Waals surface area contributed by atoms with E-state index in [-0.39, 0.29) is 4.90 Å². The summed E-state index contributed by atoms with van der Waals surface area (Å²) >= 11 is 0. The molecule has 10 heteroatoms. The van der Waals surface area contributed by atoms with Gasteiger partial charge < -0.3 is 19.3 Å². The first-order valence-electron chi connectivity index (χ1n) is 8.73. The van der Waals surface area contributed by atoms with Gasteiger partial charge in [-0.3, -0.25) is 0 Å². The third-order valence-corrected chi connectivity index (χ3v) is 6.06. The van der Waals surface area contributed by atoms with E-state index in [4.69, 9.17) is 4.74 Å². The van der Waals surface area contributed by atoms with Gasteiger partial charge in [0.05, 0.1) is 23.0 Å². The van der Waals surface area contributed by atoms with Gasteiger partial charge in [0.1, 0.15) is 17.6 Å². The number of benzene rings is 2. The number of fused-ring (bicyclic) bond motifs is 1. The van der Waals surface area contributed by atoms with Crippen molar-refractivity contribution in [3.05, 3.63) is 76.7 Å². The second-order valence-corrected chi connectivity index (χ2v) is 8.22. The van der Waals surface area contributed by atoms with Crippen LogP contribution in [-0.2, 0) is 17.1 Å². The topological polar surface area (TPSA) is 122 Å². The maximum Gasteiger partial charge on any atom is 0.323 e. The number of nitrogens with one attached hydrogen (secondary N) is 3. The highest BCUT2D eigenvalue weighted by atomic mass is 32.2. The Morgan fingerprint density at radius 1 is 1.10 bits per heavy atom. The van der Waals surface area contributed by atoms with E-state index in [2.05, 4.69) is 19.7 Å². The van der Waals surface area contributed by atoms with Crippen LogP contribution in [0, 0.1) is 0 Å². The maximum absolute atomic E-state index is 13.1. The molecule has 0 bridgehead atoms. The Labute approximate surface area is 166 Å². The largest absolute Gasteiger partial charge is 0.497 e. The molecule has 4 aromatic rings. The van der Waals surface area contributed by atoms with E-state index in [1.807, 2.05) is 0 Å². The van der Waals surface area contributed by atoms with Crippen LogP contribution in [0.1, 0.15) is 17.4 Å². The number of aryl methyl sites for hydroxylation is 1. The minimum atomic E-state index is -3.92. The zero-order chi connectivity index (χ0) is 20.6. The van der Waals surface area contributed by atoms with Crippen molar-refractivity contribution in [3.8, 4) is 5.75 Å². The van der Waals surface area contributed by atoms with E-state index in [0.717, 1.165) is 0 Å². The molecule has 150 valence electrons. The Morgan fingerprint density at radius 3 is 2.48 bits per heavy atom. The molecule has 0 aliphatic carbocycles. The van der Waals surface area contributed by atoms with Crippen LogP contribution in [0.3, 0.4) is 0 Å². The van der Waals surface area contributed by atoms with Gasteiger partial charge in [0.2, 0.25) is 10.0 Å². The highest BCUT2D eigenvalue weighted by Crippen LogP contribution is 2.26. The average Bonchev–Trinajstić information content (AvgIpc) is 3.30. The Morgan fingerprint density at radius 2 is 1.83 bits per heavy atom. The minimum Gasteiger partial charge on any atom is -0.497 e. The predicted octanol–water partition coefficient (Wildman–Crippen LogP) is 1.67. The summed E-state index contributed by atoms with van der Waals surface area (Å²) in [6, 6.07) is 10.8. The SMILES string of the molecule is COc1ccc([C@@H](NS(=O)(=O)c2ccc3[nH]c(=O)[nH]c3c2)c2nccn2C)cc1. The van der Waals surface area contributed by atoms with Crippen molar-refractivity contribution in [3.63, 3.8) is 0 Å². The van der Waals surface area contributed by atoms with Gasteiger partial charge in [0.15, 0.2) is 0 Å². The summed E-state index contributed by atoms with van der Waals surface area (Å²) in [5, 5.41) is 0. The fourth-order valence-corrected chi connectivity index (χ4v) is 4.33. The zero-order valence-corrected chi connectivity index (χ0v) is 16.5. The lowest BCUT2D eigenvalue weighted by molar-refractivity contribution is 0.414. The van der Waals surface area contributed by atoms with Crippen LogP contribution in [0.2, 0.25) is 0 Å². The van der Waals surface area contributed by atoms with E-state index < -0.39 is 21.8 Å². The summed E-state index contributed by atoms with van der Waals surface area (Å²) in [5.41, 5.74) is 1.26. The fourth-order valence-electron chi connectivity index (χ4n) is 3.12. The number of imidazole rings is 2. The zero-order valence-electron chi connectivity index (χ0n) is 15.7. The fraction of sp³-hybridized carbons (Fsp3) is 0.158. The first-order valence-corrected chi connectivity index (χ1v) is 10.2. The molecule has 0 spiro atoms. The number of rotatable bonds is 6. The van der Waals surface area contributed by atoms with Crippen molar-refractivity contribution in [2.75, 3.05) is 7.11 Å². The molecule has 1 atom stereocenters. The van der Waals surface area contributed by atoms with Crippen LogP contribution in [-0.4, -0.2) is 35.0 Å². The van der Waals surface area contributed by atoms with E-state index in [0.29, 0.717) is 28.2 Å². The van der Waals surface area contributed by atoms with Gasteiger partial charge in [-0.05, 0) is 35.9 Å². The van der Waals surface area contributed by atoms with E-state index in [1.165, 1.54) is 12.1 Å². The van der Waals surface area contributed by atoms with Gasteiger partial charge >= 0.3 is 5.69 Å². The van der Waals surface area contributed by atoms with Crippen LogP contribution in [0.5, 0.6) is 5.75 Å². The molecule has 0 saturated carbocycles. The molecule has 0 radical (unpaired) electrons. The summed E-state index contributed by atoms with van der Waals surface area (Å²) in [5.74, 6) is 1.20. The standard InChI is InChI=1S/C19H19N5O4S/c1-24-10-9-20-18(24)17(12-3-5-13(28-2)6-4-12)23-29(26,27)14-7-8-15-16(11-14)22-19(25)21-15/h3-11,17,23H,1-2H3,(H2,21,22,25)/t17-/m1/s1. The number of hydrogen-bond donors (Lipinski definition) is 3. The Bertz CT molecular complexity index is 1320. The van der Waals surface area contributed by atoms with Gasteiger partial charge in [0.25, 0.3) is 0 Å². The molecular formula is C19H19N5O4S. The maximum atomic E-state index is 13.1. The minimum absolute atomic E-state index is 0.0352. The molecule has 0 fully saturated rings. The Balaban J connectivity index is 1.75. The van der Waals surface area contributed by atoms with Crippen LogP contribution >= 0.6 is 0 Å². The molecule has 3 N–H and O–H groups in total. The van der Waals surface area contributed by atoms with E-state index in [9.17, 15) is 13.2 Å². The van der Waals surface area contributed by atoms with Gasteiger partial charge in [-0.25, -0.2) is 18.2 Å². The second-order valence-electron chi connectivity index (χ2n) is 6.51. The van der Waals surface area contributed by atoms with Gasteiger partial charge in [0, 0.05) is 19.4 Å². The summed E-state index contributed by atoms with van der Waals surface area (Å²) < 4.78 is 35.9. The lowest BCUT2D eigenvalue weighted by Crippen LogP contribution is -2.31. The number of hydrogen-bond acceptors (Lipinski definition) is 5. The van der Waals surface area contributed by atoms with Gasteiger partial charge in [-0.1, -0.05) is 12.1 Å². The van der Waals surface area contributed by atoms with Crippen LogP contribution in [0.15, 0.2) is 64.5 Å². The number of aromatic amines is 2. The smallest absolute Gasteiger partial charge is 0.323 e. The molecule has 0 unspecified atom stereocenters. The summed E-state index contributed by atoms with van der Waals surface area (Å²) in [7, 11) is -0.559. The summed E-state index contributed by atoms with van der Waals surface area (Å²) in [4.78, 5) is 21.0. The molecule has 0 aliphatic rings. The normalized spacial score (nSPS) is 12.9. The van der Waals surface area contributed by atoms with Crippen molar-refractivity contribution in [2.24, 2.45) is 7.05 Å². The molecule has 0 saturated heterocycles. The highest BCUT2D eigenvalue weighted by Gasteiger charge is 2.26. The van der Waals surface area contributed by atoms with E-state index >= 15 is 0 Å². The number of H-pyrrole nitrogens is 2. The first-order chi connectivity index (χ1) is 13.9. The third kappa shape index (κ3) is 3.67. The Kier molecular flexibility index (Phi) is 4.73. The van der Waals surface area contributed by atoms with Crippen molar-refractivity contribution in [1.82, 2.24) is 24.2 Å². The predicted molar refractivity (Wildman–Crippen MR) is 107 cm³/mol. The average molecular weight is 413 g/mol. The van der Waals surface area contributed by atoms with Gasteiger partial charge in [-0.2, -0.15) is 4.72 Å². The molecule has 2 aromatic heterocycles. The van der Waals surface area contributed by atoms with E-state index in [1.54, 1.807) is 61.5 Å². The molecule has 0 aliphatic heterocycles. The molecule has 4 rings (SSSR count). The van der Waals surface area contributed by atoms with Crippen LogP contribution < -0.4 is 15.1 Å². The Hall–Kier alpha value is -3.37. The molecule has 2 heterocycles. The lowest BCUT2D eigenvalue weighted by atomic mass is 10.1. The van der Waals surface area contributed by atoms with Crippen LogP contribution in [0.25, 0.3) is 11.0 Å². The molecule has 2 aromatic carbocycles. The number of nitrogens with zero attached hydrogens (tertiary/aromatic N) is 2. The lowest BCUT2D eigenvalue weighted by Gasteiger charge is -2.19. The summed E-state index contributed by atoms with van der Waals surface area (Å²) in [6.45, 7) is 0. The summed E-state index contributed by atoms with van der Waals surface area (Å²) in [6.07, 6.45) is 3.35. The second kappa shape index (κ2) is 7.22. The number of ether oxygens (including phenoxy) is 1. The number of sulfonamides is 1. The van der Waals surface area contributed by atoms with Crippen LogP contribution in [0.4, 0.5) is 0 Å². The molecule has 9 nitrogen and oxygen atoms in total. The monoisotopic (exact) mass is 413 g/mol. The molecule has 0 amide bonds. The number of methoxy groups -OCH3 is 1. The first kappa shape index (κ1) is 19.0. The third-order valence-electron chi connectivity index (χ3n) is 4.64. The quantitative estimate of drug-likeness (QED) is 0.444. The molecule has 29 heavy (non-hydrogen) atoms. The molecular weight excluding hydrogens is 394 g/mol. The van der Waals surface area contributed by atoms with Crippen molar-refractivity contribution in [1.29, 1.82) is 0 Å².